The van der Waals surface area contributed by atoms with E-state index in [0.29, 0.717) is 0 Å². The van der Waals surface area contributed by atoms with Crippen molar-refractivity contribution in [3.63, 3.8) is 0 Å². The third kappa shape index (κ3) is 2.16. The fourth-order valence-electron chi connectivity index (χ4n) is 1.17. The Bertz CT molecular complexity index is 400. The van der Waals surface area contributed by atoms with Crippen molar-refractivity contribution in [1.82, 2.24) is 0 Å². The van der Waals surface area contributed by atoms with E-state index in [1.54, 1.807) is 0 Å². The van der Waals surface area contributed by atoms with Gasteiger partial charge in [-0.2, -0.15) is 0 Å². The molecule has 1 aromatic rings. The highest BCUT2D eigenvalue weighted by Crippen LogP contribution is 2.37. The van der Waals surface area contributed by atoms with Gasteiger partial charge >= 0.3 is 0 Å². The van der Waals surface area contributed by atoms with Crippen LogP contribution in [-0.4, -0.2) is 16.7 Å². The number of halogens is 2. The number of benzene rings is 1. The summed E-state index contributed by atoms with van der Waals surface area (Å²) in [5.74, 6) is -0.545. The first kappa shape index (κ1) is 11.7. The molecule has 15 heavy (non-hydrogen) atoms. The molecule has 0 heterocycles. The number of phenols is 1. The SMILES string of the molecule is N[C@@H](CF)c1c([N+](=O)[O-])ccc(Cl)c1O. The summed E-state index contributed by atoms with van der Waals surface area (Å²) in [6, 6.07) is 0.972. The van der Waals surface area contributed by atoms with Gasteiger partial charge in [0.05, 0.1) is 21.6 Å². The minimum atomic E-state index is -1.26. The van der Waals surface area contributed by atoms with Gasteiger partial charge in [0.1, 0.15) is 12.4 Å². The van der Waals surface area contributed by atoms with Crippen molar-refractivity contribution >= 4 is 17.3 Å². The highest BCUT2D eigenvalue weighted by molar-refractivity contribution is 6.32. The van der Waals surface area contributed by atoms with E-state index in [-0.39, 0.29) is 10.6 Å². The molecule has 0 bridgehead atoms. The van der Waals surface area contributed by atoms with E-state index in [2.05, 4.69) is 0 Å². The zero-order chi connectivity index (χ0) is 11.6. The zero-order valence-electron chi connectivity index (χ0n) is 7.48. The summed E-state index contributed by atoms with van der Waals surface area (Å²) in [6.07, 6.45) is 0. The maximum Gasteiger partial charge on any atom is 0.278 e. The molecule has 7 heteroatoms. The zero-order valence-corrected chi connectivity index (χ0v) is 8.24. The van der Waals surface area contributed by atoms with E-state index in [1.807, 2.05) is 0 Å². The molecule has 3 N–H and O–H groups in total. The highest BCUT2D eigenvalue weighted by Gasteiger charge is 2.25. The first-order valence-electron chi connectivity index (χ1n) is 3.96. The molecule has 0 saturated carbocycles. The van der Waals surface area contributed by atoms with Crippen LogP contribution in [0.1, 0.15) is 11.6 Å². The number of nitro groups is 1. The molecular weight excluding hydrogens is 227 g/mol. The summed E-state index contributed by atoms with van der Waals surface area (Å²) in [6.45, 7) is -1.02. The largest absolute Gasteiger partial charge is 0.506 e. The molecule has 0 spiro atoms. The second-order valence-electron chi connectivity index (χ2n) is 2.85. The van der Waals surface area contributed by atoms with Crippen molar-refractivity contribution in [2.75, 3.05) is 6.67 Å². The van der Waals surface area contributed by atoms with Gasteiger partial charge < -0.3 is 10.8 Å². The molecule has 0 radical (unpaired) electrons. The molecule has 1 aromatic carbocycles. The lowest BCUT2D eigenvalue weighted by molar-refractivity contribution is -0.385. The van der Waals surface area contributed by atoms with Crippen LogP contribution in [0.5, 0.6) is 5.75 Å². The number of aromatic hydroxyl groups is 1. The lowest BCUT2D eigenvalue weighted by Gasteiger charge is -2.10. The molecule has 0 aliphatic carbocycles. The van der Waals surface area contributed by atoms with Crippen molar-refractivity contribution in [2.24, 2.45) is 5.73 Å². The van der Waals surface area contributed by atoms with E-state index >= 15 is 0 Å². The molecule has 82 valence electrons. The second-order valence-corrected chi connectivity index (χ2v) is 3.25. The predicted octanol–water partition coefficient (Wildman–Crippen LogP) is 1.92. The number of nitrogens with two attached hydrogens (primary N) is 1. The monoisotopic (exact) mass is 234 g/mol. The predicted molar refractivity (Wildman–Crippen MR) is 52.7 cm³/mol. The van der Waals surface area contributed by atoms with Gasteiger partial charge in [-0.1, -0.05) is 11.6 Å². The number of nitro benzene ring substituents is 1. The molecule has 0 fully saturated rings. The average Bonchev–Trinajstić information content (AvgIpc) is 2.20. The number of rotatable bonds is 3. The first-order valence-corrected chi connectivity index (χ1v) is 4.34. The van der Waals surface area contributed by atoms with Gasteiger partial charge in [0, 0.05) is 6.07 Å². The van der Waals surface area contributed by atoms with Crippen molar-refractivity contribution in [3.05, 3.63) is 32.8 Å². The van der Waals surface area contributed by atoms with E-state index < -0.39 is 29.1 Å². The van der Waals surface area contributed by atoms with Crippen molar-refractivity contribution in [2.45, 2.75) is 6.04 Å². The van der Waals surface area contributed by atoms with Crippen molar-refractivity contribution < 1.29 is 14.4 Å². The summed E-state index contributed by atoms with van der Waals surface area (Å²) in [5, 5.41) is 19.9. The Kier molecular flexibility index (Phi) is 3.43. The molecule has 0 aliphatic rings. The summed E-state index contributed by atoms with van der Waals surface area (Å²) < 4.78 is 12.3. The number of hydrogen-bond donors (Lipinski definition) is 2. The molecule has 0 saturated heterocycles. The van der Waals surface area contributed by atoms with Crippen LogP contribution >= 0.6 is 11.6 Å². The smallest absolute Gasteiger partial charge is 0.278 e. The van der Waals surface area contributed by atoms with Crippen LogP contribution in [-0.2, 0) is 0 Å². The third-order valence-electron chi connectivity index (χ3n) is 1.88. The van der Waals surface area contributed by atoms with Crippen molar-refractivity contribution in [1.29, 1.82) is 0 Å². The Balaban J connectivity index is 3.41. The number of alkyl halides is 1. The lowest BCUT2D eigenvalue weighted by Crippen LogP contribution is -2.14. The summed E-state index contributed by atoms with van der Waals surface area (Å²) in [5.41, 5.74) is 4.58. The average molecular weight is 235 g/mol. The molecule has 1 atom stereocenters. The van der Waals surface area contributed by atoms with E-state index in [9.17, 15) is 19.6 Å². The fourth-order valence-corrected chi connectivity index (χ4v) is 1.34. The van der Waals surface area contributed by atoms with E-state index in [0.717, 1.165) is 12.1 Å². The first-order chi connectivity index (χ1) is 6.99. The van der Waals surface area contributed by atoms with Gasteiger partial charge in [0.2, 0.25) is 0 Å². The summed E-state index contributed by atoms with van der Waals surface area (Å²) >= 11 is 5.54. The molecule has 0 aliphatic heterocycles. The van der Waals surface area contributed by atoms with Gasteiger partial charge in [-0.05, 0) is 6.07 Å². The maximum absolute atomic E-state index is 12.3. The van der Waals surface area contributed by atoms with Gasteiger partial charge in [0.25, 0.3) is 5.69 Å². The topological polar surface area (TPSA) is 89.4 Å². The van der Waals surface area contributed by atoms with Crippen LogP contribution in [0.15, 0.2) is 12.1 Å². The minimum absolute atomic E-state index is 0.0977. The Morgan fingerprint density at radius 1 is 1.67 bits per heavy atom. The second kappa shape index (κ2) is 4.41. The lowest BCUT2D eigenvalue weighted by atomic mass is 10.1. The van der Waals surface area contributed by atoms with Gasteiger partial charge in [-0.15, -0.1) is 0 Å². The van der Waals surface area contributed by atoms with Gasteiger partial charge in [-0.3, -0.25) is 10.1 Å². The van der Waals surface area contributed by atoms with Crippen molar-refractivity contribution in [3.8, 4) is 5.75 Å². The van der Waals surface area contributed by atoms with Crippen LogP contribution in [0.25, 0.3) is 0 Å². The Morgan fingerprint density at radius 3 is 2.73 bits per heavy atom. The molecular formula is C8H8ClFN2O3. The molecule has 5 nitrogen and oxygen atoms in total. The Morgan fingerprint density at radius 2 is 2.27 bits per heavy atom. The van der Waals surface area contributed by atoms with Crippen LogP contribution in [0.3, 0.4) is 0 Å². The Hall–Kier alpha value is -1.40. The molecule has 1 rings (SSSR count). The fraction of sp³-hybridized carbons (Fsp3) is 0.250. The minimum Gasteiger partial charge on any atom is -0.506 e. The molecule has 0 amide bonds. The highest BCUT2D eigenvalue weighted by atomic mass is 35.5. The molecule has 0 aromatic heterocycles. The third-order valence-corrected chi connectivity index (χ3v) is 2.18. The van der Waals surface area contributed by atoms with Crippen LogP contribution < -0.4 is 5.73 Å². The van der Waals surface area contributed by atoms with Crippen LogP contribution in [0.2, 0.25) is 5.02 Å². The molecule has 0 unspecified atom stereocenters. The summed E-state index contributed by atoms with van der Waals surface area (Å²) in [4.78, 5) is 9.83. The summed E-state index contributed by atoms with van der Waals surface area (Å²) in [7, 11) is 0. The maximum atomic E-state index is 12.3. The standard InChI is InChI=1S/C8H8ClFN2O3/c9-4-1-2-6(12(14)15)7(8(4)13)5(11)3-10/h1-2,5,13H,3,11H2/t5-/m0/s1. The number of nitrogens with zero attached hydrogens (tertiary/aromatic N) is 1. The van der Waals surface area contributed by atoms with Crippen LogP contribution in [0, 0.1) is 10.1 Å². The Labute approximate surface area is 89.4 Å². The van der Waals surface area contributed by atoms with Gasteiger partial charge in [-0.25, -0.2) is 4.39 Å². The quantitative estimate of drug-likeness (QED) is 0.618. The van der Waals surface area contributed by atoms with Crippen LogP contribution in [0.4, 0.5) is 10.1 Å². The van der Waals surface area contributed by atoms with E-state index in [4.69, 9.17) is 17.3 Å². The normalized spacial score (nSPS) is 12.5. The number of phenolic OH excluding ortho intramolecular Hbond substituents is 1. The van der Waals surface area contributed by atoms with E-state index in [1.165, 1.54) is 0 Å². The van der Waals surface area contributed by atoms with Gasteiger partial charge in [0.15, 0.2) is 0 Å². The number of hydrogen-bond acceptors (Lipinski definition) is 4.